The van der Waals surface area contributed by atoms with Crippen molar-refractivity contribution in [3.8, 4) is 0 Å². The van der Waals surface area contributed by atoms with Crippen LogP contribution in [0.4, 0.5) is 11.8 Å². The highest BCUT2D eigenvalue weighted by Crippen LogP contribution is 2.28. The fourth-order valence-corrected chi connectivity index (χ4v) is 2.98. The van der Waals surface area contributed by atoms with Gasteiger partial charge in [-0.1, -0.05) is 12.1 Å². The molecular weight excluding hydrogens is 262 g/mol. The molecule has 0 saturated carbocycles. The quantitative estimate of drug-likeness (QED) is 0.936. The Bertz CT molecular complexity index is 625. The summed E-state index contributed by atoms with van der Waals surface area (Å²) in [6.07, 6.45) is 2.46. The SMILES string of the molecule is CNc1nc(N2CCCC(N(C)C)C2)c2ccccc2n1. The van der Waals surface area contributed by atoms with Crippen LogP contribution in [0.25, 0.3) is 10.9 Å². The van der Waals surface area contributed by atoms with Gasteiger partial charge in [0, 0.05) is 31.6 Å². The van der Waals surface area contributed by atoms with E-state index in [0.717, 1.165) is 29.8 Å². The molecule has 2 aromatic rings. The van der Waals surface area contributed by atoms with Gasteiger partial charge in [-0.05, 0) is 39.1 Å². The fraction of sp³-hybridized carbons (Fsp3) is 0.500. The molecule has 1 aromatic carbocycles. The van der Waals surface area contributed by atoms with Crippen molar-refractivity contribution in [1.82, 2.24) is 14.9 Å². The third-order valence-corrected chi connectivity index (χ3v) is 4.23. The maximum Gasteiger partial charge on any atom is 0.224 e. The van der Waals surface area contributed by atoms with Crippen molar-refractivity contribution >= 4 is 22.7 Å². The van der Waals surface area contributed by atoms with Crippen LogP contribution in [-0.2, 0) is 0 Å². The Morgan fingerprint density at radius 3 is 2.81 bits per heavy atom. The number of para-hydroxylation sites is 1. The summed E-state index contributed by atoms with van der Waals surface area (Å²) in [5.74, 6) is 1.74. The largest absolute Gasteiger partial charge is 0.357 e. The predicted octanol–water partition coefficient (Wildman–Crippen LogP) is 2.20. The molecule has 1 aromatic heterocycles. The zero-order valence-corrected chi connectivity index (χ0v) is 13.0. The number of benzene rings is 1. The van der Waals surface area contributed by atoms with E-state index in [9.17, 15) is 0 Å². The molecule has 5 nitrogen and oxygen atoms in total. The monoisotopic (exact) mass is 285 g/mol. The molecule has 1 aliphatic heterocycles. The van der Waals surface area contributed by atoms with Gasteiger partial charge in [0.1, 0.15) is 5.82 Å². The zero-order valence-electron chi connectivity index (χ0n) is 13.0. The molecule has 5 heteroatoms. The Morgan fingerprint density at radius 1 is 1.24 bits per heavy atom. The second-order valence-electron chi connectivity index (χ2n) is 5.84. The van der Waals surface area contributed by atoms with Gasteiger partial charge >= 0.3 is 0 Å². The Hall–Kier alpha value is -1.88. The van der Waals surface area contributed by atoms with Crippen LogP contribution < -0.4 is 10.2 Å². The first-order chi connectivity index (χ1) is 10.2. The van der Waals surface area contributed by atoms with E-state index in [1.54, 1.807) is 0 Å². The minimum atomic E-state index is 0.588. The number of rotatable bonds is 3. The van der Waals surface area contributed by atoms with Gasteiger partial charge in [-0.2, -0.15) is 4.98 Å². The topological polar surface area (TPSA) is 44.3 Å². The van der Waals surface area contributed by atoms with Crippen LogP contribution in [0.1, 0.15) is 12.8 Å². The van der Waals surface area contributed by atoms with Crippen molar-refractivity contribution in [2.75, 3.05) is 44.4 Å². The molecule has 0 radical (unpaired) electrons. The lowest BCUT2D eigenvalue weighted by Gasteiger charge is -2.37. The third kappa shape index (κ3) is 2.78. The van der Waals surface area contributed by atoms with Crippen molar-refractivity contribution in [1.29, 1.82) is 0 Å². The molecule has 0 bridgehead atoms. The summed E-state index contributed by atoms with van der Waals surface area (Å²) in [6, 6.07) is 8.84. The van der Waals surface area contributed by atoms with Crippen molar-refractivity contribution in [3.05, 3.63) is 24.3 Å². The van der Waals surface area contributed by atoms with Crippen molar-refractivity contribution in [2.45, 2.75) is 18.9 Å². The highest BCUT2D eigenvalue weighted by atomic mass is 15.3. The molecule has 0 aliphatic carbocycles. The number of hydrogen-bond donors (Lipinski definition) is 1. The zero-order chi connectivity index (χ0) is 14.8. The highest BCUT2D eigenvalue weighted by Gasteiger charge is 2.24. The lowest BCUT2D eigenvalue weighted by Crippen LogP contribution is -2.45. The normalized spacial score (nSPS) is 19.2. The molecule has 112 valence electrons. The third-order valence-electron chi connectivity index (χ3n) is 4.23. The molecule has 3 rings (SSSR count). The van der Waals surface area contributed by atoms with Crippen LogP contribution in [-0.4, -0.2) is 55.1 Å². The summed E-state index contributed by atoms with van der Waals surface area (Å²) in [6.45, 7) is 2.09. The Morgan fingerprint density at radius 2 is 2.05 bits per heavy atom. The predicted molar refractivity (Wildman–Crippen MR) is 88.0 cm³/mol. The number of anilines is 2. The summed E-state index contributed by atoms with van der Waals surface area (Å²) in [7, 11) is 6.18. The summed E-state index contributed by atoms with van der Waals surface area (Å²) in [4.78, 5) is 14.0. The molecule has 2 heterocycles. The average Bonchev–Trinajstić information content (AvgIpc) is 2.53. The van der Waals surface area contributed by atoms with Crippen molar-refractivity contribution in [2.24, 2.45) is 0 Å². The maximum atomic E-state index is 4.72. The molecule has 1 fully saturated rings. The van der Waals surface area contributed by atoms with Gasteiger partial charge < -0.3 is 15.1 Å². The van der Waals surface area contributed by atoms with E-state index in [2.05, 4.69) is 52.4 Å². The van der Waals surface area contributed by atoms with E-state index in [-0.39, 0.29) is 0 Å². The second kappa shape index (κ2) is 5.85. The first kappa shape index (κ1) is 14.1. The van der Waals surface area contributed by atoms with Gasteiger partial charge in [0.2, 0.25) is 5.95 Å². The van der Waals surface area contributed by atoms with Crippen LogP contribution in [0.15, 0.2) is 24.3 Å². The molecule has 21 heavy (non-hydrogen) atoms. The maximum absolute atomic E-state index is 4.72. The molecule has 0 amide bonds. The van der Waals surface area contributed by atoms with Gasteiger partial charge in [0.25, 0.3) is 0 Å². The Kier molecular flexibility index (Phi) is 3.92. The second-order valence-corrected chi connectivity index (χ2v) is 5.84. The van der Waals surface area contributed by atoms with E-state index in [1.807, 2.05) is 13.1 Å². The van der Waals surface area contributed by atoms with Crippen molar-refractivity contribution in [3.63, 3.8) is 0 Å². The van der Waals surface area contributed by atoms with Gasteiger partial charge in [-0.3, -0.25) is 0 Å². The van der Waals surface area contributed by atoms with Crippen LogP contribution in [0.3, 0.4) is 0 Å². The van der Waals surface area contributed by atoms with E-state index in [4.69, 9.17) is 4.98 Å². The number of likely N-dealkylation sites (N-methyl/N-ethyl adjacent to an activating group) is 1. The standard InChI is InChI=1S/C16H23N5/c1-17-16-18-14-9-5-4-8-13(14)15(19-16)21-10-6-7-12(11-21)20(2)3/h4-5,8-9,12H,6-7,10-11H2,1-3H3,(H,17,18,19). The van der Waals surface area contributed by atoms with Gasteiger partial charge in [-0.25, -0.2) is 4.98 Å². The van der Waals surface area contributed by atoms with E-state index >= 15 is 0 Å². The summed E-state index contributed by atoms with van der Waals surface area (Å²) >= 11 is 0. The Balaban J connectivity index is 2.02. The van der Waals surface area contributed by atoms with Crippen LogP contribution in [0, 0.1) is 0 Å². The molecule has 1 saturated heterocycles. The molecule has 0 spiro atoms. The summed E-state index contributed by atoms with van der Waals surface area (Å²) < 4.78 is 0. The molecular formula is C16H23N5. The lowest BCUT2D eigenvalue weighted by molar-refractivity contribution is 0.257. The van der Waals surface area contributed by atoms with Crippen LogP contribution >= 0.6 is 0 Å². The summed E-state index contributed by atoms with van der Waals surface area (Å²) in [5.41, 5.74) is 0.999. The van der Waals surface area contributed by atoms with Crippen LogP contribution in [0.2, 0.25) is 0 Å². The lowest BCUT2D eigenvalue weighted by atomic mass is 10.0. The minimum Gasteiger partial charge on any atom is -0.357 e. The minimum absolute atomic E-state index is 0.588. The van der Waals surface area contributed by atoms with Crippen molar-refractivity contribution < 1.29 is 0 Å². The Labute approximate surface area is 126 Å². The highest BCUT2D eigenvalue weighted by molar-refractivity contribution is 5.90. The molecule has 1 unspecified atom stereocenters. The number of hydrogen-bond acceptors (Lipinski definition) is 5. The number of nitrogens with zero attached hydrogens (tertiary/aromatic N) is 4. The van der Waals surface area contributed by atoms with Gasteiger partial charge in [0.15, 0.2) is 0 Å². The number of fused-ring (bicyclic) bond motifs is 1. The number of aromatic nitrogens is 2. The number of piperidine rings is 1. The van der Waals surface area contributed by atoms with Crippen LogP contribution in [0.5, 0.6) is 0 Å². The molecule has 1 N–H and O–H groups in total. The van der Waals surface area contributed by atoms with E-state index < -0.39 is 0 Å². The van der Waals surface area contributed by atoms with Gasteiger partial charge in [0.05, 0.1) is 5.52 Å². The molecule has 1 atom stereocenters. The van der Waals surface area contributed by atoms with E-state index in [1.165, 1.54) is 12.8 Å². The first-order valence-corrected chi connectivity index (χ1v) is 7.55. The first-order valence-electron chi connectivity index (χ1n) is 7.55. The van der Waals surface area contributed by atoms with E-state index in [0.29, 0.717) is 12.0 Å². The fourth-order valence-electron chi connectivity index (χ4n) is 2.98. The summed E-state index contributed by atoms with van der Waals surface area (Å²) in [5, 5.41) is 4.21. The number of nitrogens with one attached hydrogen (secondary N) is 1. The smallest absolute Gasteiger partial charge is 0.224 e. The average molecular weight is 285 g/mol. The molecule has 1 aliphatic rings. The van der Waals surface area contributed by atoms with Gasteiger partial charge in [-0.15, -0.1) is 0 Å².